The Morgan fingerprint density at radius 2 is 1.83 bits per heavy atom. The van der Waals surface area contributed by atoms with Crippen LogP contribution in [0.5, 0.6) is 0 Å². The van der Waals surface area contributed by atoms with Gasteiger partial charge in [-0.2, -0.15) is 0 Å². The highest BCUT2D eigenvalue weighted by Gasteiger charge is 2.60. The standard InChI is InChI=1S/C17H23N/c1-18-13-12-16-9-4-5-10-17(16,18)15-7-3-2-6-14(15)8-11-16/h2-3,6-7H,4-5,8-13H2,1H3. The van der Waals surface area contributed by atoms with Crippen LogP contribution < -0.4 is 0 Å². The van der Waals surface area contributed by atoms with Gasteiger partial charge in [0, 0.05) is 0 Å². The first-order chi connectivity index (χ1) is 8.79. The number of hydrogen-bond donors (Lipinski definition) is 0. The van der Waals surface area contributed by atoms with Crippen LogP contribution in [-0.2, 0) is 12.0 Å². The molecule has 1 aromatic rings. The lowest BCUT2D eigenvalue weighted by molar-refractivity contribution is -0.0133. The minimum atomic E-state index is 0.389. The van der Waals surface area contributed by atoms with E-state index in [0.717, 1.165) is 0 Å². The lowest BCUT2D eigenvalue weighted by atomic mass is 9.53. The summed E-state index contributed by atoms with van der Waals surface area (Å²) >= 11 is 0. The highest BCUT2D eigenvalue weighted by molar-refractivity contribution is 5.41. The summed E-state index contributed by atoms with van der Waals surface area (Å²) in [7, 11) is 2.37. The van der Waals surface area contributed by atoms with Crippen LogP contribution in [0.1, 0.15) is 49.7 Å². The molecule has 1 heteroatoms. The van der Waals surface area contributed by atoms with Gasteiger partial charge in [0.05, 0.1) is 5.54 Å². The van der Waals surface area contributed by atoms with Crippen molar-refractivity contribution < 1.29 is 0 Å². The maximum Gasteiger partial charge on any atom is 0.0517 e. The third kappa shape index (κ3) is 1.12. The minimum Gasteiger partial charge on any atom is -0.296 e. The van der Waals surface area contributed by atoms with E-state index in [9.17, 15) is 0 Å². The van der Waals surface area contributed by atoms with Crippen LogP contribution in [0.3, 0.4) is 0 Å². The van der Waals surface area contributed by atoms with Crippen molar-refractivity contribution in [2.24, 2.45) is 5.41 Å². The van der Waals surface area contributed by atoms with Gasteiger partial charge in [-0.15, -0.1) is 0 Å². The van der Waals surface area contributed by atoms with Gasteiger partial charge >= 0.3 is 0 Å². The van der Waals surface area contributed by atoms with Gasteiger partial charge in [-0.3, -0.25) is 4.90 Å². The van der Waals surface area contributed by atoms with E-state index < -0.39 is 0 Å². The van der Waals surface area contributed by atoms with Crippen molar-refractivity contribution in [1.29, 1.82) is 0 Å². The molecule has 2 fully saturated rings. The molecule has 2 unspecified atom stereocenters. The van der Waals surface area contributed by atoms with E-state index in [-0.39, 0.29) is 0 Å². The summed E-state index contributed by atoms with van der Waals surface area (Å²) in [5.74, 6) is 0. The molecule has 0 radical (unpaired) electrons. The summed E-state index contributed by atoms with van der Waals surface area (Å²) in [5.41, 5.74) is 4.30. The Labute approximate surface area is 110 Å². The highest BCUT2D eigenvalue weighted by atomic mass is 15.2. The average Bonchev–Trinajstić information content (AvgIpc) is 2.74. The Kier molecular flexibility index (Phi) is 2.21. The third-order valence-corrected chi connectivity index (χ3v) is 6.23. The van der Waals surface area contributed by atoms with Crippen molar-refractivity contribution in [3.8, 4) is 0 Å². The van der Waals surface area contributed by atoms with Gasteiger partial charge in [0.25, 0.3) is 0 Å². The van der Waals surface area contributed by atoms with Crippen molar-refractivity contribution in [2.45, 2.75) is 50.5 Å². The molecular formula is C17H23N. The number of rotatable bonds is 0. The second-order valence-corrected chi connectivity index (χ2v) is 6.68. The zero-order valence-corrected chi connectivity index (χ0v) is 11.4. The normalized spacial score (nSPS) is 38.9. The minimum absolute atomic E-state index is 0.389. The molecule has 0 aromatic heterocycles. The Balaban J connectivity index is 1.97. The SMILES string of the molecule is CN1CCC23CCCCC12c1ccccc1CC3. The molecule has 1 heterocycles. The zero-order valence-electron chi connectivity index (χ0n) is 11.4. The molecule has 1 saturated heterocycles. The number of benzene rings is 1. The van der Waals surface area contributed by atoms with Gasteiger partial charge in [0.1, 0.15) is 0 Å². The molecule has 1 aliphatic heterocycles. The molecule has 1 nitrogen and oxygen atoms in total. The largest absolute Gasteiger partial charge is 0.296 e. The molecule has 3 aliphatic rings. The Morgan fingerprint density at radius 1 is 1.00 bits per heavy atom. The number of nitrogens with zero attached hydrogens (tertiary/aromatic N) is 1. The van der Waals surface area contributed by atoms with Gasteiger partial charge in [0.15, 0.2) is 0 Å². The van der Waals surface area contributed by atoms with Crippen molar-refractivity contribution in [3.63, 3.8) is 0 Å². The van der Waals surface area contributed by atoms with Crippen LogP contribution in [0.15, 0.2) is 24.3 Å². The summed E-state index contributed by atoms with van der Waals surface area (Å²) in [4.78, 5) is 2.70. The van der Waals surface area contributed by atoms with Crippen molar-refractivity contribution >= 4 is 0 Å². The molecule has 2 aliphatic carbocycles. The quantitative estimate of drug-likeness (QED) is 0.669. The van der Waals surface area contributed by atoms with Gasteiger partial charge in [-0.05, 0) is 62.2 Å². The van der Waals surface area contributed by atoms with Crippen LogP contribution in [0.2, 0.25) is 0 Å². The van der Waals surface area contributed by atoms with E-state index in [1.165, 1.54) is 51.5 Å². The summed E-state index contributed by atoms with van der Waals surface area (Å²) in [5, 5.41) is 0. The first-order valence-corrected chi connectivity index (χ1v) is 7.58. The van der Waals surface area contributed by atoms with E-state index in [1.807, 2.05) is 0 Å². The van der Waals surface area contributed by atoms with Crippen LogP contribution in [0.25, 0.3) is 0 Å². The average molecular weight is 241 g/mol. The highest BCUT2D eigenvalue weighted by Crippen LogP contribution is 2.64. The molecule has 2 atom stereocenters. The molecule has 0 bridgehead atoms. The van der Waals surface area contributed by atoms with Crippen LogP contribution in [0, 0.1) is 5.41 Å². The van der Waals surface area contributed by atoms with Gasteiger partial charge in [0.2, 0.25) is 0 Å². The summed E-state index contributed by atoms with van der Waals surface area (Å²) in [6.45, 7) is 1.30. The fraction of sp³-hybridized carbons (Fsp3) is 0.647. The summed E-state index contributed by atoms with van der Waals surface area (Å²) in [6.07, 6.45) is 9.89. The summed E-state index contributed by atoms with van der Waals surface area (Å²) < 4.78 is 0. The molecule has 4 rings (SSSR count). The van der Waals surface area contributed by atoms with Gasteiger partial charge < -0.3 is 0 Å². The third-order valence-electron chi connectivity index (χ3n) is 6.23. The second-order valence-electron chi connectivity index (χ2n) is 6.68. The molecule has 1 saturated carbocycles. The Hall–Kier alpha value is -0.820. The number of likely N-dealkylation sites (tertiary alicyclic amines) is 1. The lowest BCUT2D eigenvalue weighted by Crippen LogP contribution is -2.54. The summed E-state index contributed by atoms with van der Waals surface area (Å²) in [6, 6.07) is 9.27. The predicted molar refractivity (Wildman–Crippen MR) is 74.6 cm³/mol. The molecule has 0 N–H and O–H groups in total. The first kappa shape index (κ1) is 11.0. The lowest BCUT2D eigenvalue weighted by Gasteiger charge is -2.56. The zero-order chi connectivity index (χ0) is 12.2. The van der Waals surface area contributed by atoms with Crippen molar-refractivity contribution in [3.05, 3.63) is 35.4 Å². The molecule has 1 aromatic carbocycles. The Morgan fingerprint density at radius 3 is 2.78 bits per heavy atom. The fourth-order valence-corrected chi connectivity index (χ4v) is 5.41. The smallest absolute Gasteiger partial charge is 0.0517 e. The monoisotopic (exact) mass is 241 g/mol. The number of hydrogen-bond acceptors (Lipinski definition) is 1. The number of aryl methyl sites for hydroxylation is 1. The second kappa shape index (κ2) is 3.60. The topological polar surface area (TPSA) is 3.24 Å². The van der Waals surface area contributed by atoms with Crippen molar-refractivity contribution in [2.75, 3.05) is 13.6 Å². The Bertz CT molecular complexity index is 476. The maximum atomic E-state index is 2.70. The van der Waals surface area contributed by atoms with E-state index in [4.69, 9.17) is 0 Å². The molecule has 18 heavy (non-hydrogen) atoms. The molecule has 96 valence electrons. The van der Waals surface area contributed by atoms with E-state index in [0.29, 0.717) is 11.0 Å². The number of fused-ring (bicyclic) bond motifs is 1. The fourth-order valence-electron chi connectivity index (χ4n) is 5.41. The molecular weight excluding hydrogens is 218 g/mol. The van der Waals surface area contributed by atoms with E-state index in [1.54, 1.807) is 11.1 Å². The van der Waals surface area contributed by atoms with Crippen LogP contribution in [-0.4, -0.2) is 18.5 Å². The van der Waals surface area contributed by atoms with Gasteiger partial charge in [-0.1, -0.05) is 37.1 Å². The van der Waals surface area contributed by atoms with Gasteiger partial charge in [-0.25, -0.2) is 0 Å². The van der Waals surface area contributed by atoms with Crippen molar-refractivity contribution in [1.82, 2.24) is 4.90 Å². The molecule has 0 amide bonds. The molecule has 0 spiro atoms. The maximum absolute atomic E-state index is 2.70. The van der Waals surface area contributed by atoms with E-state index >= 15 is 0 Å². The first-order valence-electron chi connectivity index (χ1n) is 7.58. The van der Waals surface area contributed by atoms with Crippen LogP contribution in [0.4, 0.5) is 0 Å². The predicted octanol–water partition coefficient (Wildman–Crippen LogP) is 3.72. The van der Waals surface area contributed by atoms with Crippen LogP contribution >= 0.6 is 0 Å². The van der Waals surface area contributed by atoms with E-state index in [2.05, 4.69) is 36.2 Å².